The molecule has 0 unspecified atom stereocenters. The van der Waals surface area contributed by atoms with Crippen LogP contribution in [0.1, 0.15) is 30.4 Å². The molecule has 1 aliphatic rings. The Hall–Kier alpha value is -1.53. The number of nitriles is 1. The van der Waals surface area contributed by atoms with E-state index in [9.17, 15) is 0 Å². The average molecular weight is 231 g/mol. The number of hydrogen-bond acceptors (Lipinski definition) is 3. The molecule has 0 saturated heterocycles. The van der Waals surface area contributed by atoms with E-state index in [0.29, 0.717) is 12.2 Å². The smallest absolute Gasteiger partial charge is 0.124 e. The van der Waals surface area contributed by atoms with E-state index in [4.69, 9.17) is 14.7 Å². The van der Waals surface area contributed by atoms with Gasteiger partial charge < -0.3 is 9.47 Å². The highest BCUT2D eigenvalue weighted by molar-refractivity contribution is 5.41. The molecule has 0 amide bonds. The van der Waals surface area contributed by atoms with E-state index in [1.807, 2.05) is 12.1 Å². The summed E-state index contributed by atoms with van der Waals surface area (Å²) in [6, 6.07) is 7.53. The van der Waals surface area contributed by atoms with Gasteiger partial charge in [-0.05, 0) is 30.5 Å². The highest BCUT2D eigenvalue weighted by Gasteiger charge is 2.20. The zero-order valence-corrected chi connectivity index (χ0v) is 10.1. The zero-order chi connectivity index (χ0) is 12.1. The summed E-state index contributed by atoms with van der Waals surface area (Å²) in [4.78, 5) is 0. The summed E-state index contributed by atoms with van der Waals surface area (Å²) in [5, 5.41) is 8.85. The van der Waals surface area contributed by atoms with E-state index in [-0.39, 0.29) is 0 Å². The first-order chi connectivity index (χ1) is 8.33. The van der Waals surface area contributed by atoms with Gasteiger partial charge in [-0.25, -0.2) is 0 Å². The van der Waals surface area contributed by atoms with Crippen molar-refractivity contribution in [1.29, 1.82) is 5.26 Å². The number of nitrogens with zero attached hydrogens (tertiary/aromatic N) is 1. The molecule has 1 aromatic carbocycles. The van der Waals surface area contributed by atoms with Crippen LogP contribution in [0.2, 0.25) is 0 Å². The molecule has 0 atom stereocenters. The Morgan fingerprint density at radius 2 is 2.24 bits per heavy atom. The second-order valence-corrected chi connectivity index (χ2v) is 4.42. The fraction of sp³-hybridized carbons (Fsp3) is 0.500. The van der Waals surface area contributed by atoms with E-state index in [1.54, 1.807) is 13.2 Å². The number of methoxy groups -OCH3 is 1. The molecule has 0 spiro atoms. The summed E-state index contributed by atoms with van der Waals surface area (Å²) in [5.74, 6) is 1.68. The largest absolute Gasteiger partial charge is 0.496 e. The van der Waals surface area contributed by atoms with Gasteiger partial charge in [-0.2, -0.15) is 5.26 Å². The molecule has 0 heterocycles. The summed E-state index contributed by atoms with van der Waals surface area (Å²) < 4.78 is 10.9. The number of benzene rings is 1. The Labute approximate surface area is 102 Å². The summed E-state index contributed by atoms with van der Waals surface area (Å²) in [7, 11) is 1.63. The first-order valence-electron chi connectivity index (χ1n) is 5.98. The van der Waals surface area contributed by atoms with Crippen molar-refractivity contribution in [2.75, 3.05) is 13.7 Å². The molecule has 1 aliphatic carbocycles. The Kier molecular flexibility index (Phi) is 4.00. The number of hydrogen-bond donors (Lipinski definition) is 0. The lowest BCUT2D eigenvalue weighted by Gasteiger charge is -2.09. The van der Waals surface area contributed by atoms with Gasteiger partial charge >= 0.3 is 0 Å². The van der Waals surface area contributed by atoms with Gasteiger partial charge in [0.15, 0.2) is 0 Å². The fourth-order valence-electron chi connectivity index (χ4n) is 1.80. The third-order valence-electron chi connectivity index (χ3n) is 3.03. The molecule has 17 heavy (non-hydrogen) atoms. The van der Waals surface area contributed by atoms with Crippen LogP contribution in [-0.2, 0) is 11.3 Å². The van der Waals surface area contributed by atoms with Gasteiger partial charge in [-0.1, -0.05) is 12.8 Å². The van der Waals surface area contributed by atoms with Crippen LogP contribution in [0.5, 0.6) is 5.75 Å². The zero-order valence-electron chi connectivity index (χ0n) is 10.1. The normalized spacial score (nSPS) is 14.4. The third-order valence-corrected chi connectivity index (χ3v) is 3.03. The molecule has 3 nitrogen and oxygen atoms in total. The molecule has 90 valence electrons. The van der Waals surface area contributed by atoms with Crippen molar-refractivity contribution >= 4 is 0 Å². The van der Waals surface area contributed by atoms with Gasteiger partial charge in [-0.3, -0.25) is 0 Å². The van der Waals surface area contributed by atoms with Crippen molar-refractivity contribution < 1.29 is 9.47 Å². The molecular formula is C14H17NO2. The highest BCUT2D eigenvalue weighted by Crippen LogP contribution is 2.32. The lowest BCUT2D eigenvalue weighted by atomic mass is 10.1. The van der Waals surface area contributed by atoms with E-state index < -0.39 is 0 Å². The van der Waals surface area contributed by atoms with Gasteiger partial charge in [0, 0.05) is 12.2 Å². The van der Waals surface area contributed by atoms with Crippen molar-refractivity contribution in [2.45, 2.75) is 25.9 Å². The monoisotopic (exact) mass is 231 g/mol. The quantitative estimate of drug-likeness (QED) is 0.707. The van der Waals surface area contributed by atoms with Crippen molar-refractivity contribution in [2.24, 2.45) is 5.92 Å². The maximum atomic E-state index is 8.85. The first kappa shape index (κ1) is 11.9. The minimum atomic E-state index is 0.519. The van der Waals surface area contributed by atoms with Crippen molar-refractivity contribution in [1.82, 2.24) is 0 Å². The molecule has 1 saturated carbocycles. The molecule has 0 bridgehead atoms. The SMILES string of the molecule is COc1ccc(C#N)cc1COCCC1CC1. The van der Waals surface area contributed by atoms with Gasteiger partial charge in [0.2, 0.25) is 0 Å². The topological polar surface area (TPSA) is 42.2 Å². The summed E-state index contributed by atoms with van der Waals surface area (Å²) in [5.41, 5.74) is 1.59. The van der Waals surface area contributed by atoms with Crippen LogP contribution in [0.15, 0.2) is 18.2 Å². The molecular weight excluding hydrogens is 214 g/mol. The Morgan fingerprint density at radius 3 is 2.88 bits per heavy atom. The molecule has 1 fully saturated rings. The predicted octanol–water partition coefficient (Wildman–Crippen LogP) is 2.88. The molecule has 0 N–H and O–H groups in total. The summed E-state index contributed by atoms with van der Waals surface area (Å²) >= 11 is 0. The maximum Gasteiger partial charge on any atom is 0.124 e. The molecule has 1 aromatic rings. The van der Waals surface area contributed by atoms with E-state index in [0.717, 1.165) is 30.3 Å². The number of rotatable bonds is 6. The third kappa shape index (κ3) is 3.47. The molecule has 0 aliphatic heterocycles. The summed E-state index contributed by atoms with van der Waals surface area (Å²) in [6.07, 6.45) is 3.87. The molecule has 2 rings (SSSR count). The van der Waals surface area contributed by atoms with Gasteiger partial charge in [0.05, 0.1) is 25.3 Å². The summed E-state index contributed by atoms with van der Waals surface area (Å²) in [6.45, 7) is 1.32. The standard InChI is InChI=1S/C14H17NO2/c1-16-14-5-4-12(9-15)8-13(14)10-17-7-6-11-2-3-11/h4-5,8,11H,2-3,6-7,10H2,1H3. The first-order valence-corrected chi connectivity index (χ1v) is 5.98. The molecule has 3 heteroatoms. The van der Waals surface area contributed by atoms with E-state index in [1.165, 1.54) is 12.8 Å². The highest BCUT2D eigenvalue weighted by atomic mass is 16.5. The van der Waals surface area contributed by atoms with Crippen molar-refractivity contribution in [3.63, 3.8) is 0 Å². The van der Waals surface area contributed by atoms with Crippen LogP contribution < -0.4 is 4.74 Å². The van der Waals surface area contributed by atoms with Gasteiger partial charge in [0.1, 0.15) is 5.75 Å². The van der Waals surface area contributed by atoms with E-state index in [2.05, 4.69) is 6.07 Å². The average Bonchev–Trinajstić information content (AvgIpc) is 3.18. The number of ether oxygens (including phenoxy) is 2. The Morgan fingerprint density at radius 1 is 1.41 bits per heavy atom. The lowest BCUT2D eigenvalue weighted by molar-refractivity contribution is 0.113. The van der Waals surface area contributed by atoms with Gasteiger partial charge in [0.25, 0.3) is 0 Å². The molecule has 0 radical (unpaired) electrons. The van der Waals surface area contributed by atoms with E-state index >= 15 is 0 Å². The second kappa shape index (κ2) is 5.70. The maximum absolute atomic E-state index is 8.85. The Bertz CT molecular complexity index is 419. The lowest BCUT2D eigenvalue weighted by Crippen LogP contribution is -1.99. The van der Waals surface area contributed by atoms with Crippen molar-refractivity contribution in [3.8, 4) is 11.8 Å². The minimum absolute atomic E-state index is 0.519. The van der Waals surface area contributed by atoms with Crippen LogP contribution in [0.4, 0.5) is 0 Å². The van der Waals surface area contributed by atoms with Gasteiger partial charge in [-0.15, -0.1) is 0 Å². The van der Waals surface area contributed by atoms with Crippen LogP contribution >= 0.6 is 0 Å². The van der Waals surface area contributed by atoms with Crippen molar-refractivity contribution in [3.05, 3.63) is 29.3 Å². The molecule has 0 aromatic heterocycles. The fourth-order valence-corrected chi connectivity index (χ4v) is 1.80. The van der Waals surface area contributed by atoms with Crippen LogP contribution in [0, 0.1) is 17.2 Å². The Balaban J connectivity index is 1.89. The van der Waals surface area contributed by atoms with Crippen LogP contribution in [0.25, 0.3) is 0 Å². The second-order valence-electron chi connectivity index (χ2n) is 4.42. The van der Waals surface area contributed by atoms with Crippen LogP contribution in [-0.4, -0.2) is 13.7 Å². The minimum Gasteiger partial charge on any atom is -0.496 e. The predicted molar refractivity (Wildman–Crippen MR) is 64.7 cm³/mol. The van der Waals surface area contributed by atoms with Crippen LogP contribution in [0.3, 0.4) is 0 Å².